The second kappa shape index (κ2) is 4.52. The number of hydrogen-bond donors (Lipinski definition) is 2. The smallest absolute Gasteiger partial charge is 0.371 e. The summed E-state index contributed by atoms with van der Waals surface area (Å²) in [5.41, 5.74) is 5.16. The van der Waals surface area contributed by atoms with Gasteiger partial charge in [0.15, 0.2) is 5.76 Å². The molecule has 2 heterocycles. The highest BCUT2D eigenvalue weighted by molar-refractivity contribution is 5.94. The molecule has 0 aromatic carbocycles. The molecule has 96 valence electrons. The summed E-state index contributed by atoms with van der Waals surface area (Å²) in [6, 6.07) is 2.53. The van der Waals surface area contributed by atoms with E-state index in [1.807, 2.05) is 0 Å². The lowest BCUT2D eigenvalue weighted by Gasteiger charge is -2.13. The molecule has 0 saturated carbocycles. The number of carboxylic acid groups (broad SMARTS) is 1. The zero-order chi connectivity index (χ0) is 13.3. The predicted molar refractivity (Wildman–Crippen MR) is 58.9 cm³/mol. The van der Waals surface area contributed by atoms with Crippen LogP contribution < -0.4 is 5.73 Å². The number of nitrogens with two attached hydrogens (primary N) is 1. The largest absolute Gasteiger partial charge is 0.475 e. The monoisotopic (exact) mass is 252 g/mol. The Bertz CT molecular complexity index is 507. The van der Waals surface area contributed by atoms with Gasteiger partial charge in [-0.2, -0.15) is 0 Å². The average molecular weight is 252 g/mol. The number of carboxylic acids is 1. The first-order chi connectivity index (χ1) is 8.49. The number of aromatic carboxylic acids is 1. The van der Waals surface area contributed by atoms with E-state index in [1.165, 1.54) is 17.0 Å². The van der Waals surface area contributed by atoms with E-state index in [0.717, 1.165) is 0 Å². The predicted octanol–water partition coefficient (Wildman–Crippen LogP) is -0.0748. The molecule has 1 aromatic rings. The normalized spacial score (nSPS) is 18.9. The van der Waals surface area contributed by atoms with Gasteiger partial charge in [-0.3, -0.25) is 9.59 Å². The first-order valence-corrected chi connectivity index (χ1v) is 5.40. The molecule has 1 aliphatic heterocycles. The zero-order valence-corrected chi connectivity index (χ0v) is 9.46. The van der Waals surface area contributed by atoms with Crippen LogP contribution in [-0.4, -0.2) is 40.9 Å². The van der Waals surface area contributed by atoms with Crippen LogP contribution in [0.1, 0.15) is 27.5 Å². The number of primary amides is 1. The number of nitrogens with zero attached hydrogens (tertiary/aromatic N) is 1. The molecule has 18 heavy (non-hydrogen) atoms. The maximum atomic E-state index is 11.9. The Labute approximate surface area is 102 Å². The molecule has 1 aliphatic rings. The molecular formula is C11H12N2O5. The minimum Gasteiger partial charge on any atom is -0.475 e. The summed E-state index contributed by atoms with van der Waals surface area (Å²) in [6.45, 7) is 0.660. The first kappa shape index (κ1) is 12.2. The van der Waals surface area contributed by atoms with Crippen LogP contribution in [-0.2, 0) is 4.79 Å². The molecule has 0 bridgehead atoms. The fraction of sp³-hybridized carbons (Fsp3) is 0.364. The van der Waals surface area contributed by atoms with E-state index in [-0.39, 0.29) is 24.0 Å². The van der Waals surface area contributed by atoms with Crippen LogP contribution in [0.4, 0.5) is 0 Å². The molecule has 7 nitrogen and oxygen atoms in total. The second-order valence-corrected chi connectivity index (χ2v) is 4.11. The van der Waals surface area contributed by atoms with Crippen LogP contribution in [0.15, 0.2) is 16.5 Å². The topological polar surface area (TPSA) is 114 Å². The van der Waals surface area contributed by atoms with Crippen molar-refractivity contribution in [1.29, 1.82) is 0 Å². The van der Waals surface area contributed by atoms with Crippen LogP contribution in [0, 0.1) is 5.92 Å². The van der Waals surface area contributed by atoms with E-state index < -0.39 is 17.8 Å². The summed E-state index contributed by atoms with van der Waals surface area (Å²) < 4.78 is 4.91. The quantitative estimate of drug-likeness (QED) is 0.781. The molecule has 1 atom stereocenters. The number of likely N-dealkylation sites (tertiary alicyclic amines) is 1. The summed E-state index contributed by atoms with van der Waals surface area (Å²) in [5.74, 6) is -2.77. The van der Waals surface area contributed by atoms with Crippen molar-refractivity contribution in [3.05, 3.63) is 23.7 Å². The fourth-order valence-electron chi connectivity index (χ4n) is 1.90. The van der Waals surface area contributed by atoms with Crippen molar-refractivity contribution in [2.24, 2.45) is 11.7 Å². The average Bonchev–Trinajstić information content (AvgIpc) is 2.97. The Morgan fingerprint density at radius 2 is 2.00 bits per heavy atom. The molecule has 2 rings (SSSR count). The minimum absolute atomic E-state index is 0.0440. The Morgan fingerprint density at radius 3 is 2.50 bits per heavy atom. The van der Waals surface area contributed by atoms with Crippen LogP contribution in [0.25, 0.3) is 0 Å². The highest BCUT2D eigenvalue weighted by atomic mass is 16.4. The third-order valence-corrected chi connectivity index (χ3v) is 2.91. The van der Waals surface area contributed by atoms with Crippen molar-refractivity contribution >= 4 is 17.8 Å². The molecule has 0 radical (unpaired) electrons. The Morgan fingerprint density at radius 1 is 1.33 bits per heavy atom. The number of furan rings is 1. The van der Waals surface area contributed by atoms with Gasteiger partial charge in [-0.1, -0.05) is 0 Å². The molecule has 0 aliphatic carbocycles. The number of carbonyl (C=O) groups is 3. The third-order valence-electron chi connectivity index (χ3n) is 2.91. The Kier molecular flexibility index (Phi) is 3.05. The van der Waals surface area contributed by atoms with Gasteiger partial charge in [-0.25, -0.2) is 4.79 Å². The summed E-state index contributed by atoms with van der Waals surface area (Å²) in [4.78, 5) is 35.0. The van der Waals surface area contributed by atoms with E-state index in [0.29, 0.717) is 13.0 Å². The molecule has 3 N–H and O–H groups in total. The minimum atomic E-state index is -1.23. The molecule has 0 spiro atoms. The third kappa shape index (κ3) is 2.20. The second-order valence-electron chi connectivity index (χ2n) is 4.11. The molecule has 2 amide bonds. The summed E-state index contributed by atoms with van der Waals surface area (Å²) in [5, 5.41) is 8.68. The number of amides is 2. The van der Waals surface area contributed by atoms with Crippen LogP contribution in [0.2, 0.25) is 0 Å². The van der Waals surface area contributed by atoms with Gasteiger partial charge >= 0.3 is 5.97 Å². The summed E-state index contributed by atoms with van der Waals surface area (Å²) in [6.07, 6.45) is 0.521. The van der Waals surface area contributed by atoms with Crippen molar-refractivity contribution in [2.45, 2.75) is 6.42 Å². The highest BCUT2D eigenvalue weighted by Gasteiger charge is 2.31. The van der Waals surface area contributed by atoms with Gasteiger partial charge in [0.25, 0.3) is 5.91 Å². The molecule has 1 saturated heterocycles. The molecule has 1 unspecified atom stereocenters. The number of hydrogen-bond acceptors (Lipinski definition) is 4. The van der Waals surface area contributed by atoms with Gasteiger partial charge in [0.1, 0.15) is 0 Å². The van der Waals surface area contributed by atoms with E-state index in [2.05, 4.69) is 0 Å². The summed E-state index contributed by atoms with van der Waals surface area (Å²) in [7, 11) is 0. The Balaban J connectivity index is 2.08. The maximum Gasteiger partial charge on any atom is 0.371 e. The van der Waals surface area contributed by atoms with Gasteiger partial charge in [0.05, 0.1) is 5.92 Å². The fourth-order valence-corrected chi connectivity index (χ4v) is 1.90. The zero-order valence-electron chi connectivity index (χ0n) is 9.46. The number of rotatable bonds is 3. The van der Waals surface area contributed by atoms with E-state index in [1.54, 1.807) is 0 Å². The van der Waals surface area contributed by atoms with Crippen molar-refractivity contribution in [2.75, 3.05) is 13.1 Å². The van der Waals surface area contributed by atoms with Gasteiger partial charge in [0.2, 0.25) is 11.7 Å². The van der Waals surface area contributed by atoms with Crippen molar-refractivity contribution < 1.29 is 23.9 Å². The van der Waals surface area contributed by atoms with E-state index in [4.69, 9.17) is 15.3 Å². The molecule has 1 fully saturated rings. The Hall–Kier alpha value is -2.31. The van der Waals surface area contributed by atoms with Crippen LogP contribution in [0.3, 0.4) is 0 Å². The van der Waals surface area contributed by atoms with Crippen molar-refractivity contribution in [1.82, 2.24) is 4.90 Å². The van der Waals surface area contributed by atoms with Crippen LogP contribution >= 0.6 is 0 Å². The summed E-state index contributed by atoms with van der Waals surface area (Å²) >= 11 is 0. The van der Waals surface area contributed by atoms with E-state index >= 15 is 0 Å². The first-order valence-electron chi connectivity index (χ1n) is 5.40. The molecule has 7 heteroatoms. The maximum absolute atomic E-state index is 11.9. The molecular weight excluding hydrogens is 240 g/mol. The standard InChI is InChI=1S/C11H12N2O5/c12-9(14)6-3-4-13(5-6)10(15)7-1-2-8(18-7)11(16)17/h1-2,6H,3-5H2,(H2,12,14)(H,16,17). The van der Waals surface area contributed by atoms with Gasteiger partial charge < -0.3 is 20.2 Å². The van der Waals surface area contributed by atoms with Crippen molar-refractivity contribution in [3.63, 3.8) is 0 Å². The molecule has 1 aromatic heterocycles. The van der Waals surface area contributed by atoms with Crippen molar-refractivity contribution in [3.8, 4) is 0 Å². The lowest BCUT2D eigenvalue weighted by Crippen LogP contribution is -2.31. The van der Waals surface area contributed by atoms with E-state index in [9.17, 15) is 14.4 Å². The lowest BCUT2D eigenvalue weighted by molar-refractivity contribution is -0.121. The lowest BCUT2D eigenvalue weighted by atomic mass is 10.1. The van der Waals surface area contributed by atoms with Gasteiger partial charge in [-0.05, 0) is 18.6 Å². The number of carbonyl (C=O) groups excluding carboxylic acids is 2. The van der Waals surface area contributed by atoms with Gasteiger partial charge in [-0.15, -0.1) is 0 Å². The highest BCUT2D eigenvalue weighted by Crippen LogP contribution is 2.19. The van der Waals surface area contributed by atoms with Crippen LogP contribution in [0.5, 0.6) is 0 Å². The SMILES string of the molecule is NC(=O)C1CCN(C(=O)c2ccc(C(=O)O)o2)C1. The van der Waals surface area contributed by atoms with Gasteiger partial charge in [0, 0.05) is 13.1 Å².